The third kappa shape index (κ3) is 3.43. The predicted octanol–water partition coefficient (Wildman–Crippen LogP) is 3.86. The highest BCUT2D eigenvalue weighted by atomic mass is 32.1. The summed E-state index contributed by atoms with van der Waals surface area (Å²) in [6.45, 7) is 1.68. The number of ether oxygens (including phenoxy) is 2. The van der Waals surface area contributed by atoms with Crippen LogP contribution in [0, 0.1) is 11.6 Å². The zero-order valence-electron chi connectivity index (χ0n) is 15.5. The molecule has 0 radical (unpaired) electrons. The first-order valence-corrected chi connectivity index (χ1v) is 8.77. The smallest absolute Gasteiger partial charge is 0.337 e. The molecule has 0 amide bonds. The third-order valence-corrected chi connectivity index (χ3v) is 4.79. The standard InChI is InChI=1S/C20H18F2N2O3S/c1-11-17(19(25)27-3)18(13-9-8-12(21)10-14(13)22)23-20(28)24(11)15-6-4-5-7-16(15)26-2/h4-10,18H,1-3H3,(H,23,28)/t18-/m0/s1. The molecular formula is C20H18F2N2O3S. The van der Waals surface area contributed by atoms with Gasteiger partial charge in [-0.2, -0.15) is 0 Å². The Balaban J connectivity index is 2.20. The van der Waals surface area contributed by atoms with Crippen LogP contribution in [0.25, 0.3) is 0 Å². The summed E-state index contributed by atoms with van der Waals surface area (Å²) in [5.41, 5.74) is 1.31. The number of allylic oxidation sites excluding steroid dienone is 1. The van der Waals surface area contributed by atoms with Crippen molar-refractivity contribution in [2.75, 3.05) is 19.1 Å². The molecule has 0 unspecified atom stereocenters. The summed E-state index contributed by atoms with van der Waals surface area (Å²) in [4.78, 5) is 14.2. The first-order valence-electron chi connectivity index (χ1n) is 8.36. The zero-order chi connectivity index (χ0) is 20.4. The number of nitrogens with one attached hydrogen (secondary N) is 1. The molecule has 0 bridgehead atoms. The Bertz CT molecular complexity index is 978. The van der Waals surface area contributed by atoms with Crippen LogP contribution in [-0.2, 0) is 9.53 Å². The number of methoxy groups -OCH3 is 2. The molecule has 5 nitrogen and oxygen atoms in total. The van der Waals surface area contributed by atoms with E-state index in [1.807, 2.05) is 0 Å². The average molecular weight is 404 g/mol. The van der Waals surface area contributed by atoms with E-state index in [9.17, 15) is 13.6 Å². The Kier molecular flexibility index (Phi) is 5.60. The van der Waals surface area contributed by atoms with E-state index < -0.39 is 23.6 Å². The van der Waals surface area contributed by atoms with Gasteiger partial charge in [-0.3, -0.25) is 4.90 Å². The van der Waals surface area contributed by atoms with Crippen LogP contribution in [0.3, 0.4) is 0 Å². The SMILES string of the molecule is COC(=O)C1=C(C)N(c2ccccc2OC)C(=S)N[C@H]1c1ccc(F)cc1F. The molecule has 1 heterocycles. The van der Waals surface area contributed by atoms with Crippen molar-refractivity contribution in [1.29, 1.82) is 0 Å². The van der Waals surface area contributed by atoms with Crippen LogP contribution in [0.2, 0.25) is 0 Å². The molecule has 2 aromatic carbocycles. The number of benzene rings is 2. The summed E-state index contributed by atoms with van der Waals surface area (Å²) in [6, 6.07) is 9.39. The summed E-state index contributed by atoms with van der Waals surface area (Å²) in [5, 5.41) is 3.21. The highest BCUT2D eigenvalue weighted by Crippen LogP contribution is 2.38. The topological polar surface area (TPSA) is 50.8 Å². The van der Waals surface area contributed by atoms with E-state index in [1.54, 1.807) is 36.1 Å². The van der Waals surface area contributed by atoms with E-state index in [-0.39, 0.29) is 16.2 Å². The summed E-state index contributed by atoms with van der Waals surface area (Å²) < 4.78 is 38.1. The normalized spacial score (nSPS) is 16.7. The molecule has 2 aromatic rings. The molecule has 0 aliphatic carbocycles. The quantitative estimate of drug-likeness (QED) is 0.617. The van der Waals surface area contributed by atoms with Crippen molar-refractivity contribution in [3.8, 4) is 5.75 Å². The van der Waals surface area contributed by atoms with Gasteiger partial charge in [0.2, 0.25) is 0 Å². The summed E-state index contributed by atoms with van der Waals surface area (Å²) in [5.74, 6) is -1.61. The van der Waals surface area contributed by atoms with Crippen LogP contribution in [-0.4, -0.2) is 25.3 Å². The van der Waals surface area contributed by atoms with Crippen LogP contribution in [0.4, 0.5) is 14.5 Å². The van der Waals surface area contributed by atoms with E-state index >= 15 is 0 Å². The van der Waals surface area contributed by atoms with E-state index in [0.29, 0.717) is 17.1 Å². The van der Waals surface area contributed by atoms with Gasteiger partial charge in [-0.05, 0) is 37.3 Å². The van der Waals surface area contributed by atoms with Crippen LogP contribution in [0.1, 0.15) is 18.5 Å². The molecule has 28 heavy (non-hydrogen) atoms. The summed E-state index contributed by atoms with van der Waals surface area (Å²) in [6.07, 6.45) is 0. The molecule has 1 aliphatic rings. The van der Waals surface area contributed by atoms with Crippen LogP contribution in [0.5, 0.6) is 5.75 Å². The number of nitrogens with zero attached hydrogens (tertiary/aromatic N) is 1. The van der Waals surface area contributed by atoms with Crippen molar-refractivity contribution in [3.63, 3.8) is 0 Å². The maximum atomic E-state index is 14.4. The lowest BCUT2D eigenvalue weighted by atomic mass is 9.94. The summed E-state index contributed by atoms with van der Waals surface area (Å²) in [7, 11) is 2.76. The van der Waals surface area contributed by atoms with Gasteiger partial charge in [-0.15, -0.1) is 0 Å². The van der Waals surface area contributed by atoms with Crippen molar-refractivity contribution in [3.05, 3.63) is 70.9 Å². The van der Waals surface area contributed by atoms with Gasteiger partial charge in [0.05, 0.1) is 31.5 Å². The number of hydrogen-bond donors (Lipinski definition) is 1. The summed E-state index contributed by atoms with van der Waals surface area (Å²) >= 11 is 5.49. The number of esters is 1. The average Bonchev–Trinajstić information content (AvgIpc) is 2.67. The minimum Gasteiger partial charge on any atom is -0.495 e. The largest absolute Gasteiger partial charge is 0.495 e. The lowest BCUT2D eigenvalue weighted by molar-refractivity contribution is -0.136. The minimum absolute atomic E-state index is 0.0863. The second-order valence-electron chi connectivity index (χ2n) is 6.05. The van der Waals surface area contributed by atoms with E-state index in [0.717, 1.165) is 12.1 Å². The molecule has 0 saturated carbocycles. The van der Waals surface area contributed by atoms with Crippen LogP contribution >= 0.6 is 12.2 Å². The van der Waals surface area contributed by atoms with Crippen molar-refractivity contribution in [2.45, 2.75) is 13.0 Å². The molecule has 146 valence electrons. The lowest BCUT2D eigenvalue weighted by Gasteiger charge is -2.37. The van der Waals surface area contributed by atoms with E-state index in [4.69, 9.17) is 21.7 Å². The van der Waals surface area contributed by atoms with Gasteiger partial charge in [0, 0.05) is 17.3 Å². The van der Waals surface area contributed by atoms with Gasteiger partial charge in [0.25, 0.3) is 0 Å². The van der Waals surface area contributed by atoms with Gasteiger partial charge in [0.1, 0.15) is 17.4 Å². The van der Waals surface area contributed by atoms with Crippen molar-refractivity contribution in [2.24, 2.45) is 0 Å². The Labute approximate surface area is 166 Å². The van der Waals surface area contributed by atoms with Gasteiger partial charge in [-0.1, -0.05) is 18.2 Å². The highest BCUT2D eigenvalue weighted by Gasteiger charge is 2.37. The molecule has 3 rings (SSSR count). The Hall–Kier alpha value is -3.00. The number of carbonyl (C=O) groups excluding carboxylic acids is 1. The molecule has 0 saturated heterocycles. The molecular weight excluding hydrogens is 386 g/mol. The fourth-order valence-electron chi connectivity index (χ4n) is 3.19. The highest BCUT2D eigenvalue weighted by molar-refractivity contribution is 7.80. The van der Waals surface area contributed by atoms with Crippen LogP contribution in [0.15, 0.2) is 53.7 Å². The van der Waals surface area contributed by atoms with Gasteiger partial charge >= 0.3 is 5.97 Å². The van der Waals surface area contributed by atoms with E-state index in [2.05, 4.69) is 5.32 Å². The van der Waals surface area contributed by atoms with Gasteiger partial charge < -0.3 is 14.8 Å². The van der Waals surface area contributed by atoms with Crippen LogP contribution < -0.4 is 15.0 Å². The first kappa shape index (κ1) is 19.8. The molecule has 0 spiro atoms. The predicted molar refractivity (Wildman–Crippen MR) is 105 cm³/mol. The fourth-order valence-corrected chi connectivity index (χ4v) is 3.54. The lowest BCUT2D eigenvalue weighted by Crippen LogP contribution is -2.48. The number of halogens is 2. The number of hydrogen-bond acceptors (Lipinski definition) is 4. The molecule has 1 N–H and O–H groups in total. The Morgan fingerprint density at radius 1 is 1.18 bits per heavy atom. The van der Waals surface area contributed by atoms with Gasteiger partial charge in [-0.25, -0.2) is 13.6 Å². The maximum Gasteiger partial charge on any atom is 0.337 e. The number of thiocarbonyl (C=S) groups is 1. The zero-order valence-corrected chi connectivity index (χ0v) is 16.3. The second kappa shape index (κ2) is 7.93. The van der Waals surface area contributed by atoms with Crippen molar-refractivity contribution < 1.29 is 23.0 Å². The minimum atomic E-state index is -0.925. The number of para-hydroxylation sites is 2. The van der Waals surface area contributed by atoms with E-state index in [1.165, 1.54) is 20.3 Å². The maximum absolute atomic E-state index is 14.4. The third-order valence-electron chi connectivity index (χ3n) is 4.49. The number of rotatable bonds is 4. The monoisotopic (exact) mass is 404 g/mol. The molecule has 0 fully saturated rings. The Morgan fingerprint density at radius 3 is 2.54 bits per heavy atom. The molecule has 1 atom stereocenters. The van der Waals surface area contributed by atoms with Crippen molar-refractivity contribution in [1.82, 2.24) is 5.32 Å². The number of anilines is 1. The first-order chi connectivity index (χ1) is 13.4. The van der Waals surface area contributed by atoms with Gasteiger partial charge in [0.15, 0.2) is 5.11 Å². The Morgan fingerprint density at radius 2 is 1.89 bits per heavy atom. The van der Waals surface area contributed by atoms with Crippen molar-refractivity contribution >= 4 is 29.0 Å². The second-order valence-corrected chi connectivity index (χ2v) is 6.43. The molecule has 0 aromatic heterocycles. The fraction of sp³-hybridized carbons (Fsp3) is 0.200. The molecule has 8 heteroatoms. The molecule has 1 aliphatic heterocycles. The number of carbonyl (C=O) groups is 1.